The summed E-state index contributed by atoms with van der Waals surface area (Å²) in [6.07, 6.45) is 54.6. The molecule has 1 rings (SSSR count). The fourth-order valence-corrected chi connectivity index (χ4v) is 7.11. The lowest BCUT2D eigenvalue weighted by atomic mass is 9.98. The molecule has 408 valence electrons. The van der Waals surface area contributed by atoms with Crippen LogP contribution in [-0.2, 0) is 42.9 Å². The van der Waals surface area contributed by atoms with Gasteiger partial charge in [-0.05, 0) is 109 Å². The molecule has 0 amide bonds. The molecule has 0 spiro atoms. The zero-order chi connectivity index (χ0) is 53.3. The van der Waals surface area contributed by atoms with Gasteiger partial charge in [-0.15, -0.1) is 0 Å². The second kappa shape index (κ2) is 47.8. The minimum Gasteiger partial charge on any atom is -0.479 e. The van der Waals surface area contributed by atoms with Crippen LogP contribution in [0.2, 0.25) is 0 Å². The van der Waals surface area contributed by atoms with Crippen LogP contribution in [0.4, 0.5) is 0 Å². The number of hydrogen-bond acceptors (Lipinski definition) is 11. The average molecular weight is 1020 g/mol. The quantitative estimate of drug-likeness (QED) is 0.0228. The summed E-state index contributed by atoms with van der Waals surface area (Å²) >= 11 is 0. The van der Waals surface area contributed by atoms with Gasteiger partial charge in [-0.1, -0.05) is 180 Å². The number of rotatable bonds is 43. The molecule has 3 N–H and O–H groups in total. The van der Waals surface area contributed by atoms with Gasteiger partial charge in [0.05, 0.1) is 13.0 Å². The van der Waals surface area contributed by atoms with Crippen molar-refractivity contribution in [3.8, 4) is 0 Å². The Kier molecular flexibility index (Phi) is 43.2. The minimum atomic E-state index is -1.93. The molecular formula is C61H92O12. The molecule has 0 bridgehead atoms. The zero-order valence-corrected chi connectivity index (χ0v) is 44.6. The third-order valence-electron chi connectivity index (χ3n) is 11.2. The van der Waals surface area contributed by atoms with Gasteiger partial charge >= 0.3 is 23.9 Å². The van der Waals surface area contributed by atoms with E-state index in [0.717, 1.165) is 116 Å². The predicted molar refractivity (Wildman–Crippen MR) is 293 cm³/mol. The maximum atomic E-state index is 13.1. The number of carbonyl (C=O) groups excluding carboxylic acids is 3. The molecule has 12 nitrogen and oxygen atoms in total. The zero-order valence-electron chi connectivity index (χ0n) is 44.6. The van der Waals surface area contributed by atoms with Crippen LogP contribution in [0.3, 0.4) is 0 Å². The maximum Gasteiger partial charge on any atom is 0.335 e. The van der Waals surface area contributed by atoms with Crippen LogP contribution in [0, 0.1) is 0 Å². The smallest absolute Gasteiger partial charge is 0.335 e. The Balaban J connectivity index is 2.83. The molecule has 1 heterocycles. The highest BCUT2D eigenvalue weighted by Crippen LogP contribution is 2.26. The SMILES string of the molecule is CC/C=C\C/C=C\C/C=C\C/C=C\C/C=C\CC(=O)OCC(COC1OC(C(=O)O)C(O)C(O)C1OC(=O)CCCCCCC/C=C\C/C=C\CCC)OC(=O)CCCC/C=C\C/C=C\C/C=C\C/C=C\CC. The summed E-state index contributed by atoms with van der Waals surface area (Å²) in [5, 5.41) is 31.4. The molecule has 0 aromatic carbocycles. The largest absolute Gasteiger partial charge is 0.479 e. The Morgan fingerprint density at radius 1 is 0.479 bits per heavy atom. The maximum absolute atomic E-state index is 13.1. The molecule has 73 heavy (non-hydrogen) atoms. The van der Waals surface area contributed by atoms with Crippen LogP contribution in [0.1, 0.15) is 175 Å². The third kappa shape index (κ3) is 38.2. The molecule has 6 atom stereocenters. The van der Waals surface area contributed by atoms with E-state index in [1.54, 1.807) is 6.08 Å². The molecule has 0 saturated carbocycles. The van der Waals surface area contributed by atoms with E-state index in [4.69, 9.17) is 23.7 Å². The standard InChI is InChI=1S/C61H92O12/c1-4-7-10-13-16-19-22-25-27-30-32-35-38-41-44-47-53(62)69-50-52(71-54(63)48-45-42-39-36-34-31-28-26-23-20-17-14-11-8-5-2)51-70-61-59(57(66)56(65)58(73-61)60(67)68)72-55(64)49-46-43-40-37-33-29-24-21-18-15-12-9-6-3/h7-8,10-12,15-17,19-21,24-28,32,34-36,41,44,52,56-59,61,65-66H,4-6,9,13-14,18,22-23,29-31,33,37-40,42-43,45-51H2,1-3H3,(H,67,68)/b10-7-,11-8-,15-12-,19-16-,20-17-,24-21-,27-25-,28-26-,35-32-,36-34-,44-41-. The van der Waals surface area contributed by atoms with Crippen LogP contribution in [0.5, 0.6) is 0 Å². The number of unbranched alkanes of at least 4 members (excludes halogenated alkanes) is 8. The lowest BCUT2D eigenvalue weighted by Crippen LogP contribution is -2.61. The Morgan fingerprint density at radius 2 is 0.904 bits per heavy atom. The van der Waals surface area contributed by atoms with Gasteiger partial charge < -0.3 is 39.0 Å². The van der Waals surface area contributed by atoms with Crippen molar-refractivity contribution in [1.29, 1.82) is 0 Å². The monoisotopic (exact) mass is 1020 g/mol. The highest BCUT2D eigenvalue weighted by molar-refractivity contribution is 5.74. The molecule has 1 aliphatic heterocycles. The Bertz CT molecular complexity index is 1780. The Labute approximate surface area is 439 Å². The van der Waals surface area contributed by atoms with Crippen LogP contribution in [-0.4, -0.2) is 89.2 Å². The molecule has 1 fully saturated rings. The first kappa shape index (κ1) is 65.9. The van der Waals surface area contributed by atoms with E-state index < -0.39 is 73.9 Å². The molecule has 6 unspecified atom stereocenters. The van der Waals surface area contributed by atoms with Gasteiger partial charge in [-0.2, -0.15) is 0 Å². The third-order valence-corrected chi connectivity index (χ3v) is 11.2. The van der Waals surface area contributed by atoms with Gasteiger partial charge in [0.15, 0.2) is 24.6 Å². The first-order valence-corrected chi connectivity index (χ1v) is 27.2. The summed E-state index contributed by atoms with van der Waals surface area (Å²) < 4.78 is 28.1. The minimum absolute atomic E-state index is 0.0226. The van der Waals surface area contributed by atoms with Gasteiger partial charge in [0.1, 0.15) is 18.8 Å². The fourth-order valence-electron chi connectivity index (χ4n) is 7.11. The van der Waals surface area contributed by atoms with Gasteiger partial charge in [0.25, 0.3) is 0 Å². The number of aliphatic hydroxyl groups excluding tert-OH is 2. The number of carbonyl (C=O) groups is 4. The van der Waals surface area contributed by atoms with Crippen LogP contribution >= 0.6 is 0 Å². The number of esters is 3. The number of ether oxygens (including phenoxy) is 5. The summed E-state index contributed by atoms with van der Waals surface area (Å²) in [7, 11) is 0. The molecule has 1 saturated heterocycles. The second-order valence-electron chi connectivity index (χ2n) is 17.8. The summed E-state index contributed by atoms with van der Waals surface area (Å²) in [4.78, 5) is 50.9. The average Bonchev–Trinajstić information content (AvgIpc) is 3.37. The normalized spacial score (nSPS) is 19.4. The molecule has 1 aliphatic rings. The molecule has 12 heteroatoms. The number of aliphatic carboxylic acids is 1. The summed E-state index contributed by atoms with van der Waals surface area (Å²) in [6, 6.07) is 0. The highest BCUT2D eigenvalue weighted by Gasteiger charge is 2.50. The molecule has 0 aromatic rings. The van der Waals surface area contributed by atoms with E-state index in [1.165, 1.54) is 0 Å². The van der Waals surface area contributed by atoms with Gasteiger partial charge in [-0.25, -0.2) is 4.79 Å². The topological polar surface area (TPSA) is 175 Å². The molecule has 0 aromatic heterocycles. The molecular weight excluding hydrogens is 925 g/mol. The first-order valence-electron chi connectivity index (χ1n) is 27.2. The van der Waals surface area contributed by atoms with Crippen molar-refractivity contribution >= 4 is 23.9 Å². The number of carboxylic acid groups (broad SMARTS) is 1. The van der Waals surface area contributed by atoms with Crippen molar-refractivity contribution < 1.29 is 58.2 Å². The Hall–Kier alpha value is -5.14. The number of allylic oxidation sites excluding steroid dienone is 21. The van der Waals surface area contributed by atoms with Gasteiger partial charge in [-0.3, -0.25) is 14.4 Å². The van der Waals surface area contributed by atoms with Gasteiger partial charge in [0.2, 0.25) is 0 Å². The highest BCUT2D eigenvalue weighted by atomic mass is 16.7. The Morgan fingerprint density at radius 3 is 1.41 bits per heavy atom. The summed E-state index contributed by atoms with van der Waals surface area (Å²) in [5.41, 5.74) is 0. The second-order valence-corrected chi connectivity index (χ2v) is 17.8. The van der Waals surface area contributed by atoms with Crippen LogP contribution in [0.15, 0.2) is 134 Å². The van der Waals surface area contributed by atoms with Crippen molar-refractivity contribution in [2.75, 3.05) is 13.2 Å². The number of carboxylic acids is 1. The summed E-state index contributed by atoms with van der Waals surface area (Å²) in [5.74, 6) is -3.39. The lowest BCUT2D eigenvalue weighted by Gasteiger charge is -2.40. The van der Waals surface area contributed by atoms with Crippen LogP contribution in [0.25, 0.3) is 0 Å². The van der Waals surface area contributed by atoms with E-state index in [-0.39, 0.29) is 19.3 Å². The van der Waals surface area contributed by atoms with Gasteiger partial charge in [0, 0.05) is 12.8 Å². The summed E-state index contributed by atoms with van der Waals surface area (Å²) in [6.45, 7) is 5.53. The van der Waals surface area contributed by atoms with Crippen molar-refractivity contribution in [2.24, 2.45) is 0 Å². The van der Waals surface area contributed by atoms with E-state index in [2.05, 4.69) is 130 Å². The molecule has 0 radical (unpaired) electrons. The van der Waals surface area contributed by atoms with E-state index >= 15 is 0 Å². The first-order chi connectivity index (χ1) is 35.6. The van der Waals surface area contributed by atoms with E-state index in [0.29, 0.717) is 19.3 Å². The predicted octanol–water partition coefficient (Wildman–Crippen LogP) is 13.4. The number of hydrogen-bond donors (Lipinski definition) is 3. The fraction of sp³-hybridized carbons (Fsp3) is 0.574. The van der Waals surface area contributed by atoms with Crippen molar-refractivity contribution in [1.82, 2.24) is 0 Å². The van der Waals surface area contributed by atoms with Crippen molar-refractivity contribution in [2.45, 2.75) is 212 Å². The molecule has 0 aliphatic carbocycles. The van der Waals surface area contributed by atoms with E-state index in [9.17, 15) is 34.5 Å². The van der Waals surface area contributed by atoms with Crippen molar-refractivity contribution in [3.05, 3.63) is 134 Å². The van der Waals surface area contributed by atoms with Crippen molar-refractivity contribution in [3.63, 3.8) is 0 Å². The van der Waals surface area contributed by atoms with Crippen LogP contribution < -0.4 is 0 Å². The number of aliphatic hydroxyl groups is 2. The van der Waals surface area contributed by atoms with E-state index in [1.807, 2.05) is 18.2 Å². The lowest BCUT2D eigenvalue weighted by molar-refractivity contribution is -0.301.